The van der Waals surface area contributed by atoms with Gasteiger partial charge in [0, 0.05) is 16.5 Å². The van der Waals surface area contributed by atoms with Crippen LogP contribution in [0.3, 0.4) is 0 Å². The van der Waals surface area contributed by atoms with E-state index in [-0.39, 0.29) is 22.6 Å². The molecule has 178 valence electrons. The molecule has 0 saturated carbocycles. The van der Waals surface area contributed by atoms with Crippen molar-refractivity contribution in [3.63, 3.8) is 0 Å². The van der Waals surface area contributed by atoms with Crippen LogP contribution in [0.5, 0.6) is 11.5 Å². The van der Waals surface area contributed by atoms with E-state index in [0.717, 1.165) is 16.8 Å². The van der Waals surface area contributed by atoms with Gasteiger partial charge in [-0.1, -0.05) is 18.2 Å². The molecule has 1 amide bonds. The molecule has 3 aromatic rings. The molecular weight excluding hydrogens is 446 g/mol. The van der Waals surface area contributed by atoms with Crippen molar-refractivity contribution in [2.24, 2.45) is 0 Å². The highest BCUT2D eigenvalue weighted by atomic mass is 16.5. The predicted octanol–water partition coefficient (Wildman–Crippen LogP) is 5.01. The number of allylic oxidation sites excluding steroid dienone is 2. The first kappa shape index (κ1) is 22.7. The Morgan fingerprint density at radius 2 is 1.89 bits per heavy atom. The van der Waals surface area contributed by atoms with Gasteiger partial charge in [0.05, 0.1) is 30.5 Å². The Kier molecular flexibility index (Phi) is 5.16. The monoisotopic (exact) mass is 471 g/mol. The summed E-state index contributed by atoms with van der Waals surface area (Å²) in [5, 5.41) is 0.547. The normalized spacial score (nSPS) is 16.9. The minimum absolute atomic E-state index is 0.157. The molecule has 1 aromatic heterocycles. The second kappa shape index (κ2) is 7.98. The molecule has 2 aliphatic heterocycles. The number of anilines is 1. The quantitative estimate of drug-likeness (QED) is 0.295. The third kappa shape index (κ3) is 3.46. The van der Waals surface area contributed by atoms with Crippen LogP contribution in [0.15, 0.2) is 57.8 Å². The van der Waals surface area contributed by atoms with Gasteiger partial charge in [0.2, 0.25) is 0 Å². The smallest absolute Gasteiger partial charge is 0.347 e. The van der Waals surface area contributed by atoms with Crippen molar-refractivity contribution in [3.05, 3.63) is 75.7 Å². The lowest BCUT2D eigenvalue weighted by Gasteiger charge is -2.38. The number of hydrogen-bond donors (Lipinski definition) is 0. The number of hydrogen-bond acceptors (Lipinski definition) is 6. The van der Waals surface area contributed by atoms with Crippen LogP contribution in [0.4, 0.5) is 5.69 Å². The molecule has 3 heterocycles. The number of benzene rings is 2. The van der Waals surface area contributed by atoms with Crippen molar-refractivity contribution in [3.8, 4) is 11.5 Å². The number of amides is 1. The zero-order valence-corrected chi connectivity index (χ0v) is 20.2. The highest BCUT2D eigenvalue weighted by Crippen LogP contribution is 2.50. The second-order valence-corrected chi connectivity index (χ2v) is 9.17. The maximum atomic E-state index is 13.6. The van der Waals surface area contributed by atoms with Crippen LogP contribution in [0.1, 0.15) is 49.2 Å². The summed E-state index contributed by atoms with van der Waals surface area (Å²) in [4.78, 5) is 41.4. The summed E-state index contributed by atoms with van der Waals surface area (Å²) < 4.78 is 16.4. The van der Waals surface area contributed by atoms with Gasteiger partial charge in [-0.25, -0.2) is 4.79 Å². The van der Waals surface area contributed by atoms with E-state index in [9.17, 15) is 14.4 Å². The lowest BCUT2D eigenvalue weighted by Crippen LogP contribution is -2.46. The standard InChI is InChI=1S/C28H25NO6/c1-6-34-17-11-18-15(2)14-28(3,4)29-24(18)19(12-17)20(26(29)31)13-22(30)21-10-16-8-7-9-23(33-5)25(16)35-27(21)32/h7-14H,6H2,1-5H3. The van der Waals surface area contributed by atoms with Crippen LogP contribution < -0.4 is 20.0 Å². The Bertz CT molecular complexity index is 1540. The molecule has 7 heteroatoms. The van der Waals surface area contributed by atoms with E-state index < -0.39 is 16.9 Å². The summed E-state index contributed by atoms with van der Waals surface area (Å²) in [6.07, 6.45) is 3.26. The van der Waals surface area contributed by atoms with Gasteiger partial charge in [0.25, 0.3) is 5.91 Å². The number of rotatable bonds is 5. The van der Waals surface area contributed by atoms with E-state index >= 15 is 0 Å². The first-order valence-corrected chi connectivity index (χ1v) is 11.4. The predicted molar refractivity (Wildman–Crippen MR) is 134 cm³/mol. The van der Waals surface area contributed by atoms with Crippen molar-refractivity contribution in [1.82, 2.24) is 0 Å². The van der Waals surface area contributed by atoms with E-state index in [2.05, 4.69) is 0 Å². The summed E-state index contributed by atoms with van der Waals surface area (Å²) in [6, 6.07) is 10.3. The molecule has 0 saturated heterocycles. The molecule has 0 N–H and O–H groups in total. The number of ether oxygens (including phenoxy) is 2. The second-order valence-electron chi connectivity index (χ2n) is 9.17. The highest BCUT2D eigenvalue weighted by molar-refractivity contribution is 6.37. The molecule has 7 nitrogen and oxygen atoms in total. The van der Waals surface area contributed by atoms with Crippen LogP contribution in [-0.4, -0.2) is 30.9 Å². The van der Waals surface area contributed by atoms with E-state index in [1.807, 2.05) is 39.8 Å². The third-order valence-electron chi connectivity index (χ3n) is 6.40. The zero-order valence-electron chi connectivity index (χ0n) is 20.2. The zero-order chi connectivity index (χ0) is 25.1. The summed E-state index contributed by atoms with van der Waals surface area (Å²) in [6.45, 7) is 8.25. The number of carbonyl (C=O) groups excluding carboxylic acids is 2. The Labute approximate surface area is 202 Å². The minimum atomic E-state index is -0.794. The van der Waals surface area contributed by atoms with Crippen molar-refractivity contribution >= 4 is 39.5 Å². The Hall–Kier alpha value is -4.13. The molecule has 2 aliphatic rings. The molecule has 5 rings (SSSR count). The van der Waals surface area contributed by atoms with E-state index in [1.54, 1.807) is 29.2 Å². The fourth-order valence-corrected chi connectivity index (χ4v) is 4.96. The first-order valence-electron chi connectivity index (χ1n) is 11.4. The molecule has 0 radical (unpaired) electrons. The molecule has 0 fully saturated rings. The maximum absolute atomic E-state index is 13.6. The van der Waals surface area contributed by atoms with Crippen molar-refractivity contribution in [1.29, 1.82) is 0 Å². The van der Waals surface area contributed by atoms with E-state index in [4.69, 9.17) is 13.9 Å². The van der Waals surface area contributed by atoms with Crippen molar-refractivity contribution in [2.75, 3.05) is 18.6 Å². The molecule has 0 aliphatic carbocycles. The molecular formula is C28H25NO6. The van der Waals surface area contributed by atoms with Gasteiger partial charge in [0.15, 0.2) is 17.1 Å². The maximum Gasteiger partial charge on any atom is 0.347 e. The number of carbonyl (C=O) groups is 2. The van der Waals surface area contributed by atoms with E-state index in [0.29, 0.717) is 29.1 Å². The summed E-state index contributed by atoms with van der Waals surface area (Å²) >= 11 is 0. The largest absolute Gasteiger partial charge is 0.494 e. The lowest BCUT2D eigenvalue weighted by atomic mass is 9.89. The Morgan fingerprint density at radius 3 is 2.60 bits per heavy atom. The third-order valence-corrected chi connectivity index (χ3v) is 6.40. The number of nitrogens with zero attached hydrogens (tertiary/aromatic N) is 1. The number of methoxy groups -OCH3 is 1. The average Bonchev–Trinajstić information content (AvgIpc) is 3.09. The average molecular weight is 472 g/mol. The van der Waals surface area contributed by atoms with E-state index in [1.165, 1.54) is 19.3 Å². The summed E-state index contributed by atoms with van der Waals surface area (Å²) in [5.74, 6) is 0.0968. The minimum Gasteiger partial charge on any atom is -0.494 e. The lowest BCUT2D eigenvalue weighted by molar-refractivity contribution is -0.113. The van der Waals surface area contributed by atoms with Crippen LogP contribution >= 0.6 is 0 Å². The SMILES string of the molecule is CCOc1cc2c3c(c1)C(=CC(=O)c1cc4cccc(OC)c4oc1=O)C(=O)N3C(C)(C)C=C2C. The van der Waals surface area contributed by atoms with Gasteiger partial charge < -0.3 is 13.9 Å². The fourth-order valence-electron chi connectivity index (χ4n) is 4.96. The van der Waals surface area contributed by atoms with Crippen molar-refractivity contribution in [2.45, 2.75) is 33.2 Å². The van der Waals surface area contributed by atoms with Gasteiger partial charge in [-0.3, -0.25) is 14.5 Å². The summed E-state index contributed by atoms with van der Waals surface area (Å²) in [5.41, 5.74) is 2.20. The number of para-hydroxylation sites is 1. The van der Waals surface area contributed by atoms with Crippen molar-refractivity contribution < 1.29 is 23.5 Å². The Morgan fingerprint density at radius 1 is 1.14 bits per heavy atom. The molecule has 2 aromatic carbocycles. The molecule has 0 spiro atoms. The molecule has 0 atom stereocenters. The Balaban J connectivity index is 1.68. The van der Waals surface area contributed by atoms with Gasteiger partial charge >= 0.3 is 5.63 Å². The first-order chi connectivity index (χ1) is 16.7. The van der Waals surface area contributed by atoms with Gasteiger partial charge in [-0.15, -0.1) is 0 Å². The molecule has 0 bridgehead atoms. The van der Waals surface area contributed by atoms with Gasteiger partial charge in [0.1, 0.15) is 11.3 Å². The van der Waals surface area contributed by atoms with Crippen LogP contribution in [-0.2, 0) is 4.79 Å². The van der Waals surface area contributed by atoms with Crippen LogP contribution in [0.2, 0.25) is 0 Å². The topological polar surface area (TPSA) is 86.0 Å². The number of fused-ring (bicyclic) bond motifs is 1. The fraction of sp³-hybridized carbons (Fsp3) is 0.250. The van der Waals surface area contributed by atoms with Gasteiger partial charge in [-0.05, 0) is 63.6 Å². The summed E-state index contributed by atoms with van der Waals surface area (Å²) in [7, 11) is 1.47. The van der Waals surface area contributed by atoms with Crippen LogP contribution in [0.25, 0.3) is 22.1 Å². The highest BCUT2D eigenvalue weighted by Gasteiger charge is 2.45. The molecule has 0 unspecified atom stereocenters. The van der Waals surface area contributed by atoms with Gasteiger partial charge in [-0.2, -0.15) is 0 Å². The van der Waals surface area contributed by atoms with Crippen LogP contribution in [0, 0.1) is 0 Å². The number of ketones is 1. The molecule has 35 heavy (non-hydrogen) atoms.